The van der Waals surface area contributed by atoms with Crippen molar-refractivity contribution in [3.63, 3.8) is 0 Å². The van der Waals surface area contributed by atoms with Crippen molar-refractivity contribution in [3.8, 4) is 0 Å². The van der Waals surface area contributed by atoms with Gasteiger partial charge in [-0.3, -0.25) is 9.59 Å². The normalized spacial score (nSPS) is 24.8. The Morgan fingerprint density at radius 1 is 0.889 bits per heavy atom. The third-order valence-corrected chi connectivity index (χ3v) is 2.35. The Morgan fingerprint density at radius 3 is 1.72 bits per heavy atom. The molecule has 0 bridgehead atoms. The highest BCUT2D eigenvalue weighted by Gasteiger charge is 2.27. The molecular weight excluding hydrogens is 240 g/mol. The number of ether oxygens (including phenoxy) is 4. The first-order valence-electron chi connectivity index (χ1n) is 5.94. The molecule has 2 aliphatic rings. The molecule has 0 aromatic heterocycles. The van der Waals surface area contributed by atoms with Crippen molar-refractivity contribution in [1.29, 1.82) is 0 Å². The third kappa shape index (κ3) is 5.68. The summed E-state index contributed by atoms with van der Waals surface area (Å²) in [4.78, 5) is 20.0. The SMILES string of the molecule is CC1(C)COC(C=O)OC1.O=CC1OCCCO1. The highest BCUT2D eigenvalue weighted by molar-refractivity contribution is 5.54. The minimum absolute atomic E-state index is 0.0551. The van der Waals surface area contributed by atoms with Gasteiger partial charge < -0.3 is 18.9 Å². The summed E-state index contributed by atoms with van der Waals surface area (Å²) in [5, 5.41) is 0. The molecule has 0 saturated carbocycles. The van der Waals surface area contributed by atoms with Gasteiger partial charge in [-0.2, -0.15) is 0 Å². The first kappa shape index (κ1) is 15.2. The van der Waals surface area contributed by atoms with Gasteiger partial charge in [-0.15, -0.1) is 0 Å². The van der Waals surface area contributed by atoms with Crippen molar-refractivity contribution in [2.24, 2.45) is 5.41 Å². The third-order valence-electron chi connectivity index (χ3n) is 2.35. The van der Waals surface area contributed by atoms with Crippen LogP contribution in [0.4, 0.5) is 0 Å². The summed E-state index contributed by atoms with van der Waals surface area (Å²) in [7, 11) is 0. The highest BCUT2D eigenvalue weighted by Crippen LogP contribution is 2.21. The van der Waals surface area contributed by atoms with Gasteiger partial charge in [0.05, 0.1) is 26.4 Å². The van der Waals surface area contributed by atoms with Crippen LogP contribution < -0.4 is 0 Å². The van der Waals surface area contributed by atoms with Gasteiger partial charge in [-0.05, 0) is 6.42 Å². The second kappa shape index (κ2) is 7.58. The summed E-state index contributed by atoms with van der Waals surface area (Å²) >= 11 is 0. The van der Waals surface area contributed by atoms with Crippen molar-refractivity contribution >= 4 is 12.6 Å². The lowest BCUT2D eigenvalue weighted by Gasteiger charge is -2.32. The van der Waals surface area contributed by atoms with Crippen LogP contribution in [-0.2, 0) is 28.5 Å². The standard InChI is InChI=1S/C7H12O3.C5H8O3/c1-7(2)4-9-6(3-8)10-5-7;6-4-5-7-2-1-3-8-5/h3,6H,4-5H2,1-2H3;4-5H,1-3H2. The Hall–Kier alpha value is -0.820. The first-order chi connectivity index (χ1) is 8.57. The van der Waals surface area contributed by atoms with E-state index in [9.17, 15) is 9.59 Å². The summed E-state index contributed by atoms with van der Waals surface area (Å²) in [6, 6.07) is 0. The Kier molecular flexibility index (Phi) is 6.42. The van der Waals surface area contributed by atoms with Crippen molar-refractivity contribution in [2.75, 3.05) is 26.4 Å². The van der Waals surface area contributed by atoms with Crippen LogP contribution in [0.5, 0.6) is 0 Å². The van der Waals surface area contributed by atoms with Gasteiger partial charge in [0, 0.05) is 5.41 Å². The predicted molar refractivity (Wildman–Crippen MR) is 61.9 cm³/mol. The van der Waals surface area contributed by atoms with E-state index in [2.05, 4.69) is 0 Å². The van der Waals surface area contributed by atoms with E-state index in [0.717, 1.165) is 6.42 Å². The minimum atomic E-state index is -0.631. The quantitative estimate of drug-likeness (QED) is 0.675. The molecule has 0 aromatic carbocycles. The molecule has 0 radical (unpaired) electrons. The molecule has 0 unspecified atom stereocenters. The molecule has 104 valence electrons. The van der Waals surface area contributed by atoms with Crippen molar-refractivity contribution in [3.05, 3.63) is 0 Å². The van der Waals surface area contributed by atoms with Crippen molar-refractivity contribution < 1.29 is 28.5 Å². The molecule has 18 heavy (non-hydrogen) atoms. The van der Waals surface area contributed by atoms with E-state index >= 15 is 0 Å². The fourth-order valence-electron chi connectivity index (χ4n) is 1.37. The number of hydrogen-bond acceptors (Lipinski definition) is 6. The monoisotopic (exact) mass is 260 g/mol. The fraction of sp³-hybridized carbons (Fsp3) is 0.833. The lowest BCUT2D eigenvalue weighted by molar-refractivity contribution is -0.209. The molecule has 2 aliphatic heterocycles. The van der Waals surface area contributed by atoms with Crippen LogP contribution in [0, 0.1) is 5.41 Å². The van der Waals surface area contributed by atoms with E-state index in [-0.39, 0.29) is 5.41 Å². The average Bonchev–Trinajstić information content (AvgIpc) is 2.40. The Morgan fingerprint density at radius 2 is 1.33 bits per heavy atom. The van der Waals surface area contributed by atoms with Crippen LogP contribution in [0.2, 0.25) is 0 Å². The molecule has 6 heteroatoms. The van der Waals surface area contributed by atoms with Gasteiger partial charge in [-0.25, -0.2) is 0 Å². The number of carbonyl (C=O) groups is 2. The zero-order chi connectivity index (χ0) is 13.4. The zero-order valence-electron chi connectivity index (χ0n) is 10.8. The van der Waals surface area contributed by atoms with E-state index in [1.807, 2.05) is 13.8 Å². The van der Waals surface area contributed by atoms with E-state index in [0.29, 0.717) is 39.0 Å². The highest BCUT2D eigenvalue weighted by atomic mass is 16.7. The summed E-state index contributed by atoms with van der Waals surface area (Å²) < 4.78 is 19.8. The van der Waals surface area contributed by atoms with Crippen LogP contribution in [-0.4, -0.2) is 51.6 Å². The van der Waals surface area contributed by atoms with Crippen LogP contribution in [0.1, 0.15) is 20.3 Å². The zero-order valence-corrected chi connectivity index (χ0v) is 10.8. The van der Waals surface area contributed by atoms with E-state index in [1.165, 1.54) is 0 Å². The van der Waals surface area contributed by atoms with Crippen LogP contribution in [0.15, 0.2) is 0 Å². The number of hydrogen-bond donors (Lipinski definition) is 0. The van der Waals surface area contributed by atoms with Crippen LogP contribution in [0.25, 0.3) is 0 Å². The number of rotatable bonds is 2. The van der Waals surface area contributed by atoms with Gasteiger partial charge in [0.2, 0.25) is 12.6 Å². The lowest BCUT2D eigenvalue weighted by atomic mass is 9.96. The topological polar surface area (TPSA) is 71.1 Å². The van der Waals surface area contributed by atoms with Crippen LogP contribution in [0.3, 0.4) is 0 Å². The maximum Gasteiger partial charge on any atom is 0.214 e. The fourth-order valence-corrected chi connectivity index (χ4v) is 1.37. The molecule has 0 aliphatic carbocycles. The number of aldehydes is 2. The summed E-state index contributed by atoms with van der Waals surface area (Å²) in [5.41, 5.74) is 0.0551. The summed E-state index contributed by atoms with van der Waals surface area (Å²) in [6.07, 6.45) is 1.01. The molecule has 0 spiro atoms. The molecule has 0 aromatic rings. The first-order valence-corrected chi connectivity index (χ1v) is 5.94. The molecule has 0 atom stereocenters. The van der Waals surface area contributed by atoms with Gasteiger partial charge in [0.15, 0.2) is 12.6 Å². The molecule has 0 amide bonds. The van der Waals surface area contributed by atoms with Crippen molar-refractivity contribution in [1.82, 2.24) is 0 Å². The molecule has 2 heterocycles. The lowest BCUT2D eigenvalue weighted by Crippen LogP contribution is -2.38. The molecule has 2 rings (SSSR count). The Balaban J connectivity index is 0.000000184. The average molecular weight is 260 g/mol. The Bertz CT molecular complexity index is 249. The van der Waals surface area contributed by atoms with Crippen molar-refractivity contribution in [2.45, 2.75) is 32.8 Å². The largest absolute Gasteiger partial charge is 0.346 e. The second-order valence-electron chi connectivity index (χ2n) is 4.89. The van der Waals surface area contributed by atoms with Gasteiger partial charge in [-0.1, -0.05) is 13.8 Å². The molecular formula is C12H20O6. The Labute approximate surface area is 107 Å². The number of carbonyl (C=O) groups excluding carboxylic acids is 2. The van der Waals surface area contributed by atoms with Gasteiger partial charge in [0.25, 0.3) is 0 Å². The van der Waals surface area contributed by atoms with E-state index in [4.69, 9.17) is 18.9 Å². The summed E-state index contributed by atoms with van der Waals surface area (Å²) in [6.45, 7) is 6.54. The molecule has 6 nitrogen and oxygen atoms in total. The second-order valence-corrected chi connectivity index (χ2v) is 4.89. The molecule has 2 saturated heterocycles. The smallest absolute Gasteiger partial charge is 0.214 e. The molecule has 0 N–H and O–H groups in total. The molecule has 2 fully saturated rings. The van der Waals surface area contributed by atoms with Gasteiger partial charge >= 0.3 is 0 Å². The maximum absolute atomic E-state index is 10.1. The van der Waals surface area contributed by atoms with Crippen LogP contribution >= 0.6 is 0 Å². The summed E-state index contributed by atoms with van der Waals surface area (Å²) in [5.74, 6) is 0. The maximum atomic E-state index is 10.1. The van der Waals surface area contributed by atoms with E-state index < -0.39 is 12.6 Å². The van der Waals surface area contributed by atoms with E-state index in [1.54, 1.807) is 0 Å². The van der Waals surface area contributed by atoms with Gasteiger partial charge in [0.1, 0.15) is 0 Å². The minimum Gasteiger partial charge on any atom is -0.346 e. The predicted octanol–water partition coefficient (Wildman–Crippen LogP) is 0.533.